The second kappa shape index (κ2) is 13.6. The molecule has 0 radical (unpaired) electrons. The second-order valence-electron chi connectivity index (χ2n) is 7.76. The van der Waals surface area contributed by atoms with Crippen LogP contribution in [0.15, 0.2) is 35.1 Å². The van der Waals surface area contributed by atoms with Crippen molar-refractivity contribution in [1.29, 1.82) is 0 Å². The summed E-state index contributed by atoms with van der Waals surface area (Å²) in [6, 6.07) is 4.91. The smallest absolute Gasteiger partial charge is 0.173 e. The standard InChI is InChI=1S/C20H18O6.C2H7N.CH5N.CH4O.CH4.2H2/c1-8(21)14-13(23)7-11-6-10-5-9-3-2-4-12(22)15(9)19(25)16(10)20(26)17(11)18(14)24;1-3-2;2*1-2;;;/h2-4,10-11,17,22,24-25H,5-7H2,1H3;3H,1-2H3;2H2,1H3;2H,1H3;1H4;2*1H. The first-order valence-electron chi connectivity index (χ1n) is 10.6. The fourth-order valence-electron chi connectivity index (χ4n) is 4.69. The molecule has 0 bridgehead atoms. The number of carbonyl (C=O) groups excluding carboxylic acids is 3. The minimum Gasteiger partial charge on any atom is -0.511 e. The molecule has 1 aromatic carbocycles. The first kappa shape index (κ1) is 31.0. The maximum Gasteiger partial charge on any atom is 0.173 e. The molecule has 1 fully saturated rings. The summed E-state index contributed by atoms with van der Waals surface area (Å²) in [7, 11) is 6.25. The van der Waals surface area contributed by atoms with Crippen LogP contribution in [0.25, 0.3) is 5.76 Å². The highest BCUT2D eigenvalue weighted by molar-refractivity contribution is 6.21. The van der Waals surface area contributed by atoms with E-state index in [-0.39, 0.29) is 50.8 Å². The van der Waals surface area contributed by atoms with E-state index in [1.807, 2.05) is 14.1 Å². The molecule has 3 aliphatic carbocycles. The Morgan fingerprint density at radius 3 is 2.18 bits per heavy atom. The number of rotatable bonds is 1. The van der Waals surface area contributed by atoms with Crippen molar-refractivity contribution in [2.24, 2.45) is 23.5 Å². The zero-order chi connectivity index (χ0) is 25.5. The SMILES string of the molecule is C.CC(=O)C1=C(O)C2C(=O)C3=C(O)c4c(O)cccc4CC3CC2CC1=O.CN.CNC.CO.[HH].[HH]. The summed E-state index contributed by atoms with van der Waals surface area (Å²) in [6.45, 7) is 1.19. The van der Waals surface area contributed by atoms with Crippen molar-refractivity contribution in [2.45, 2.75) is 33.6 Å². The van der Waals surface area contributed by atoms with Crippen LogP contribution in [0.5, 0.6) is 5.75 Å². The minimum absolute atomic E-state index is 0. The number of phenols is 1. The molecule has 7 N–H and O–H groups in total. The van der Waals surface area contributed by atoms with Crippen molar-refractivity contribution in [1.82, 2.24) is 5.32 Å². The summed E-state index contributed by atoms with van der Waals surface area (Å²) in [5.74, 6) is -3.99. The van der Waals surface area contributed by atoms with Crippen molar-refractivity contribution < 1.29 is 37.7 Å². The molecule has 4 rings (SSSR count). The number of aliphatic hydroxyl groups is 3. The van der Waals surface area contributed by atoms with Gasteiger partial charge in [-0.1, -0.05) is 19.6 Å². The zero-order valence-electron chi connectivity index (χ0n) is 19.7. The van der Waals surface area contributed by atoms with Crippen molar-refractivity contribution >= 4 is 23.1 Å². The largest absolute Gasteiger partial charge is 0.511 e. The quantitative estimate of drug-likeness (QED) is 0.329. The number of carbonyl (C=O) groups is 3. The van der Waals surface area contributed by atoms with E-state index in [1.54, 1.807) is 12.1 Å². The van der Waals surface area contributed by atoms with Crippen LogP contribution in [-0.4, -0.2) is 66.0 Å². The Labute approximate surface area is 204 Å². The lowest BCUT2D eigenvalue weighted by Crippen LogP contribution is -2.43. The van der Waals surface area contributed by atoms with Gasteiger partial charge in [-0.3, -0.25) is 14.4 Å². The Kier molecular flexibility index (Phi) is 12.4. The van der Waals surface area contributed by atoms with Gasteiger partial charge < -0.3 is 31.5 Å². The van der Waals surface area contributed by atoms with Gasteiger partial charge in [-0.15, -0.1) is 0 Å². The van der Waals surface area contributed by atoms with Gasteiger partial charge in [-0.2, -0.15) is 0 Å². The molecule has 1 saturated carbocycles. The summed E-state index contributed by atoms with van der Waals surface area (Å²) in [5, 5.41) is 41.0. The van der Waals surface area contributed by atoms with Crippen LogP contribution in [0.2, 0.25) is 0 Å². The van der Waals surface area contributed by atoms with Crippen LogP contribution in [-0.2, 0) is 20.8 Å². The molecular weight excluding hydrogens is 440 g/mol. The normalized spacial score (nSPS) is 22.1. The topological polar surface area (TPSA) is 170 Å². The van der Waals surface area contributed by atoms with E-state index in [0.717, 1.165) is 12.7 Å². The molecule has 9 heteroatoms. The van der Waals surface area contributed by atoms with Gasteiger partial charge in [0.1, 0.15) is 17.3 Å². The number of phenolic OH excluding ortho intramolecular Hbond substituents is 1. The molecular formula is C25H42N2O7. The van der Waals surface area contributed by atoms with Crippen molar-refractivity contribution in [3.8, 4) is 5.75 Å². The van der Waals surface area contributed by atoms with Gasteiger partial charge >= 0.3 is 0 Å². The van der Waals surface area contributed by atoms with E-state index in [2.05, 4.69) is 11.1 Å². The summed E-state index contributed by atoms with van der Waals surface area (Å²) in [6.07, 6.45) is 0.953. The van der Waals surface area contributed by atoms with Crippen molar-refractivity contribution in [3.63, 3.8) is 0 Å². The number of aromatic hydroxyl groups is 1. The summed E-state index contributed by atoms with van der Waals surface area (Å²) in [4.78, 5) is 37.0. The Bertz CT molecular complexity index is 977. The van der Waals surface area contributed by atoms with E-state index in [1.165, 1.54) is 20.0 Å². The van der Waals surface area contributed by atoms with E-state index in [4.69, 9.17) is 5.11 Å². The Balaban J connectivity index is -0.000000996. The summed E-state index contributed by atoms with van der Waals surface area (Å²) >= 11 is 0. The highest BCUT2D eigenvalue weighted by Crippen LogP contribution is 2.49. The number of fused-ring (bicyclic) bond motifs is 3. The minimum atomic E-state index is -0.993. The highest BCUT2D eigenvalue weighted by Gasteiger charge is 2.50. The lowest BCUT2D eigenvalue weighted by Gasteiger charge is -2.41. The van der Waals surface area contributed by atoms with E-state index in [0.29, 0.717) is 12.8 Å². The zero-order valence-corrected chi connectivity index (χ0v) is 19.7. The first-order chi connectivity index (χ1) is 15.7. The third kappa shape index (κ3) is 5.72. The van der Waals surface area contributed by atoms with Gasteiger partial charge in [-0.05, 0) is 64.4 Å². The number of nitrogens with two attached hydrogens (primary N) is 1. The van der Waals surface area contributed by atoms with Crippen LogP contribution in [0.1, 0.15) is 41.2 Å². The maximum absolute atomic E-state index is 13.1. The van der Waals surface area contributed by atoms with Gasteiger partial charge in [0, 0.05) is 22.0 Å². The fourth-order valence-corrected chi connectivity index (χ4v) is 4.69. The number of aliphatic hydroxyl groups excluding tert-OH is 3. The molecule has 9 nitrogen and oxygen atoms in total. The van der Waals surface area contributed by atoms with E-state index >= 15 is 0 Å². The molecule has 1 aromatic rings. The van der Waals surface area contributed by atoms with Gasteiger partial charge in [0.05, 0.1) is 17.1 Å². The van der Waals surface area contributed by atoms with Gasteiger partial charge in [0.25, 0.3) is 0 Å². The molecule has 0 spiro atoms. The number of nitrogens with one attached hydrogen (secondary N) is 1. The lowest BCUT2D eigenvalue weighted by molar-refractivity contribution is -0.127. The predicted octanol–water partition coefficient (Wildman–Crippen LogP) is 2.56. The second-order valence-corrected chi connectivity index (χ2v) is 7.76. The van der Waals surface area contributed by atoms with Crippen molar-refractivity contribution in [2.75, 3.05) is 28.3 Å². The predicted molar refractivity (Wildman–Crippen MR) is 136 cm³/mol. The molecule has 3 unspecified atom stereocenters. The summed E-state index contributed by atoms with van der Waals surface area (Å²) in [5.41, 5.74) is 5.35. The van der Waals surface area contributed by atoms with Crippen LogP contribution < -0.4 is 11.1 Å². The Hall–Kier alpha value is -3.01. The van der Waals surface area contributed by atoms with Crippen molar-refractivity contribution in [3.05, 3.63) is 46.2 Å². The van der Waals surface area contributed by atoms with E-state index in [9.17, 15) is 29.7 Å². The molecule has 0 aromatic heterocycles. The average Bonchev–Trinajstić information content (AvgIpc) is 2.76. The molecule has 194 valence electrons. The van der Waals surface area contributed by atoms with Crippen LogP contribution in [0, 0.1) is 17.8 Å². The molecule has 0 amide bonds. The maximum atomic E-state index is 13.1. The molecule has 3 aliphatic rings. The van der Waals surface area contributed by atoms with Crippen LogP contribution in [0.3, 0.4) is 0 Å². The number of hydrogen-bond acceptors (Lipinski definition) is 9. The van der Waals surface area contributed by atoms with Gasteiger partial charge in [0.2, 0.25) is 0 Å². The van der Waals surface area contributed by atoms with E-state index < -0.39 is 34.9 Å². The first-order valence-corrected chi connectivity index (χ1v) is 10.6. The monoisotopic (exact) mass is 482 g/mol. The van der Waals surface area contributed by atoms with Gasteiger partial charge in [0.15, 0.2) is 17.3 Å². The van der Waals surface area contributed by atoms with Crippen LogP contribution >= 0.6 is 0 Å². The fraction of sp³-hybridized carbons (Fsp3) is 0.480. The third-order valence-electron chi connectivity index (χ3n) is 5.73. The lowest BCUT2D eigenvalue weighted by atomic mass is 9.61. The Morgan fingerprint density at radius 2 is 1.65 bits per heavy atom. The number of hydrogen-bond donors (Lipinski definition) is 6. The summed E-state index contributed by atoms with van der Waals surface area (Å²) < 4.78 is 0. The molecule has 34 heavy (non-hydrogen) atoms. The Morgan fingerprint density at radius 1 is 1.09 bits per heavy atom. The number of ketones is 3. The number of benzene rings is 1. The number of allylic oxidation sites excluding steroid dienone is 3. The average molecular weight is 483 g/mol. The molecule has 3 atom stereocenters. The van der Waals surface area contributed by atoms with Gasteiger partial charge in [-0.25, -0.2) is 0 Å². The molecule has 0 heterocycles. The molecule has 0 saturated heterocycles. The van der Waals surface area contributed by atoms with Crippen LogP contribution in [0.4, 0.5) is 0 Å². The third-order valence-corrected chi connectivity index (χ3v) is 5.73. The number of Topliss-reactive ketones (excluding diaryl/α,β-unsaturated/α-hetero) is 3. The highest BCUT2D eigenvalue weighted by atomic mass is 16.3. The molecule has 0 aliphatic heterocycles.